The second-order valence-electron chi connectivity index (χ2n) is 5.52. The molecule has 0 aliphatic carbocycles. The van der Waals surface area contributed by atoms with Gasteiger partial charge in [0, 0.05) is 6.92 Å². The quantitative estimate of drug-likeness (QED) is 0.610. The second-order valence-corrected chi connectivity index (χ2v) is 7.13. The number of fused-ring (bicyclic) bond motifs is 1. The molecular formula is C17H14N4O3S. The van der Waals surface area contributed by atoms with Crippen LogP contribution in [0.15, 0.2) is 57.8 Å². The van der Waals surface area contributed by atoms with Crippen molar-refractivity contribution in [3.63, 3.8) is 0 Å². The molecule has 0 saturated carbocycles. The fourth-order valence-corrected chi connectivity index (χ4v) is 3.57. The van der Waals surface area contributed by atoms with E-state index in [1.54, 1.807) is 36.4 Å². The smallest absolute Gasteiger partial charge is 0.361 e. The van der Waals surface area contributed by atoms with Crippen LogP contribution in [0.5, 0.6) is 0 Å². The van der Waals surface area contributed by atoms with Crippen LogP contribution in [0.1, 0.15) is 18.1 Å². The molecule has 1 aliphatic heterocycles. The molecule has 126 valence electrons. The van der Waals surface area contributed by atoms with Gasteiger partial charge in [-0.25, -0.2) is 0 Å². The average molecular weight is 354 g/mol. The number of anilines is 1. The molecule has 0 aromatic heterocycles. The summed E-state index contributed by atoms with van der Waals surface area (Å²) in [5.74, 6) is -0.666. The molecule has 1 amide bonds. The predicted molar refractivity (Wildman–Crippen MR) is 93.1 cm³/mol. The van der Waals surface area contributed by atoms with Gasteiger partial charge in [0.05, 0.1) is 16.1 Å². The normalized spacial score (nSPS) is 15.2. The SMILES string of the molecule is CC(=O)N1C(=NS(=O)(=O)c2ccc(C)cc2)C(=[N+]=[N-])c2ccccc21. The van der Waals surface area contributed by atoms with Gasteiger partial charge in [-0.2, -0.15) is 13.2 Å². The molecule has 8 heteroatoms. The van der Waals surface area contributed by atoms with Crippen LogP contribution in [0.4, 0.5) is 5.69 Å². The first-order chi connectivity index (χ1) is 11.8. The second kappa shape index (κ2) is 6.08. The number of carbonyl (C=O) groups excluding carboxylic acids is 1. The highest BCUT2D eigenvalue weighted by Crippen LogP contribution is 2.30. The summed E-state index contributed by atoms with van der Waals surface area (Å²) in [5, 5.41) is 0. The van der Waals surface area contributed by atoms with Crippen molar-refractivity contribution in [1.82, 2.24) is 0 Å². The number of sulfonamides is 1. The Bertz CT molecular complexity index is 1050. The van der Waals surface area contributed by atoms with Gasteiger partial charge in [0.2, 0.25) is 11.7 Å². The summed E-state index contributed by atoms with van der Waals surface area (Å²) < 4.78 is 29.0. The van der Waals surface area contributed by atoms with Crippen LogP contribution in [-0.2, 0) is 14.8 Å². The molecule has 3 rings (SSSR count). The van der Waals surface area contributed by atoms with Crippen LogP contribution in [0.2, 0.25) is 0 Å². The number of amides is 1. The summed E-state index contributed by atoms with van der Waals surface area (Å²) in [6.07, 6.45) is 0. The predicted octanol–water partition coefficient (Wildman–Crippen LogP) is 2.17. The molecule has 0 N–H and O–H groups in total. The van der Waals surface area contributed by atoms with E-state index < -0.39 is 15.9 Å². The van der Waals surface area contributed by atoms with E-state index in [1.165, 1.54) is 19.1 Å². The summed E-state index contributed by atoms with van der Waals surface area (Å²) in [4.78, 5) is 16.3. The van der Waals surface area contributed by atoms with Crippen LogP contribution in [0, 0.1) is 6.92 Å². The summed E-state index contributed by atoms with van der Waals surface area (Å²) in [6.45, 7) is 3.12. The maximum Gasteiger partial charge on any atom is 0.368 e. The van der Waals surface area contributed by atoms with Gasteiger partial charge in [0.1, 0.15) is 0 Å². The van der Waals surface area contributed by atoms with Gasteiger partial charge in [0.15, 0.2) is 0 Å². The van der Waals surface area contributed by atoms with E-state index in [1.807, 2.05) is 6.92 Å². The molecule has 25 heavy (non-hydrogen) atoms. The zero-order valence-electron chi connectivity index (χ0n) is 13.5. The maximum atomic E-state index is 12.6. The number of amidine groups is 1. The largest absolute Gasteiger partial charge is 0.368 e. The van der Waals surface area contributed by atoms with Crippen LogP contribution >= 0.6 is 0 Å². The Morgan fingerprint density at radius 2 is 1.76 bits per heavy atom. The first-order valence-corrected chi connectivity index (χ1v) is 8.83. The van der Waals surface area contributed by atoms with Crippen LogP contribution in [-0.4, -0.2) is 30.7 Å². The molecule has 1 heterocycles. The number of hydrogen-bond donors (Lipinski definition) is 0. The molecule has 0 fully saturated rings. The van der Waals surface area contributed by atoms with E-state index in [4.69, 9.17) is 0 Å². The lowest BCUT2D eigenvalue weighted by Gasteiger charge is -2.13. The molecule has 0 radical (unpaired) electrons. The van der Waals surface area contributed by atoms with Gasteiger partial charge in [-0.05, 0) is 31.2 Å². The zero-order valence-corrected chi connectivity index (χ0v) is 14.4. The molecule has 2 aromatic rings. The van der Waals surface area contributed by atoms with Crippen molar-refractivity contribution in [3.05, 3.63) is 65.2 Å². The molecule has 2 aromatic carbocycles. The van der Waals surface area contributed by atoms with Crippen molar-refractivity contribution in [1.29, 1.82) is 0 Å². The van der Waals surface area contributed by atoms with E-state index in [0.29, 0.717) is 11.3 Å². The van der Waals surface area contributed by atoms with E-state index in [9.17, 15) is 18.7 Å². The highest BCUT2D eigenvalue weighted by molar-refractivity contribution is 7.90. The fourth-order valence-electron chi connectivity index (χ4n) is 2.59. The van der Waals surface area contributed by atoms with E-state index in [0.717, 1.165) is 10.5 Å². The number of nitrogens with zero attached hydrogens (tertiary/aromatic N) is 4. The lowest BCUT2D eigenvalue weighted by Crippen LogP contribution is -2.35. The Morgan fingerprint density at radius 3 is 2.36 bits per heavy atom. The fraction of sp³-hybridized carbons (Fsp3) is 0.118. The van der Waals surface area contributed by atoms with Gasteiger partial charge >= 0.3 is 5.71 Å². The van der Waals surface area contributed by atoms with Crippen molar-refractivity contribution in [2.24, 2.45) is 4.40 Å². The van der Waals surface area contributed by atoms with Crippen molar-refractivity contribution in [3.8, 4) is 0 Å². The molecule has 0 spiro atoms. The van der Waals surface area contributed by atoms with Gasteiger partial charge in [0.25, 0.3) is 10.0 Å². The molecular weight excluding hydrogens is 340 g/mol. The number of para-hydroxylation sites is 1. The van der Waals surface area contributed by atoms with Crippen LogP contribution in [0.25, 0.3) is 5.53 Å². The minimum absolute atomic E-state index is 0.0117. The first-order valence-electron chi connectivity index (χ1n) is 7.39. The minimum Gasteiger partial charge on any atom is -0.361 e. The summed E-state index contributed by atoms with van der Waals surface area (Å²) >= 11 is 0. The van der Waals surface area contributed by atoms with Crippen molar-refractivity contribution in [2.75, 3.05) is 4.90 Å². The number of carbonyl (C=O) groups is 1. The van der Waals surface area contributed by atoms with E-state index >= 15 is 0 Å². The van der Waals surface area contributed by atoms with Crippen molar-refractivity contribution in [2.45, 2.75) is 18.7 Å². The van der Waals surface area contributed by atoms with Gasteiger partial charge in [-0.15, -0.1) is 4.40 Å². The molecule has 0 saturated heterocycles. The third-order valence-corrected chi connectivity index (χ3v) is 5.05. The number of rotatable bonds is 2. The van der Waals surface area contributed by atoms with Gasteiger partial charge in [-0.3, -0.25) is 9.69 Å². The summed E-state index contributed by atoms with van der Waals surface area (Å²) in [5.41, 5.74) is 11.0. The number of benzene rings is 2. The Kier molecular flexibility index (Phi) is 4.08. The Hall–Kier alpha value is -3.09. The highest BCUT2D eigenvalue weighted by atomic mass is 32.2. The number of aryl methyl sites for hydroxylation is 1. The topological polar surface area (TPSA) is 103 Å². The molecule has 1 aliphatic rings. The maximum absolute atomic E-state index is 12.6. The Balaban J connectivity index is 2.21. The van der Waals surface area contributed by atoms with Gasteiger partial charge in [-0.1, -0.05) is 29.8 Å². The lowest BCUT2D eigenvalue weighted by atomic mass is 10.1. The first kappa shape index (κ1) is 16.8. The molecule has 7 nitrogen and oxygen atoms in total. The standard InChI is InChI=1S/C17H14N4O3S/c1-11-7-9-13(10-8-11)25(23,24)20-17-16(19-18)14-5-3-4-6-15(14)21(17)12(2)22/h3-10H,1-2H3. The monoisotopic (exact) mass is 354 g/mol. The summed E-state index contributed by atoms with van der Waals surface area (Å²) in [6, 6.07) is 12.8. The molecule has 0 atom stereocenters. The van der Waals surface area contributed by atoms with Crippen LogP contribution in [0.3, 0.4) is 0 Å². The molecule has 0 bridgehead atoms. The third-order valence-electron chi connectivity index (χ3n) is 3.76. The van der Waals surface area contributed by atoms with E-state index in [2.05, 4.69) is 9.19 Å². The van der Waals surface area contributed by atoms with Gasteiger partial charge < -0.3 is 5.53 Å². The Morgan fingerprint density at radius 1 is 1.12 bits per heavy atom. The average Bonchev–Trinajstić information content (AvgIpc) is 2.87. The van der Waals surface area contributed by atoms with Crippen LogP contribution < -0.4 is 4.90 Å². The van der Waals surface area contributed by atoms with E-state index in [-0.39, 0.29) is 16.4 Å². The van der Waals surface area contributed by atoms with Crippen molar-refractivity contribution < 1.29 is 18.0 Å². The lowest BCUT2D eigenvalue weighted by molar-refractivity contribution is -0.115. The molecule has 0 unspecified atom stereocenters. The third kappa shape index (κ3) is 2.88. The van der Waals surface area contributed by atoms with Crippen molar-refractivity contribution >= 4 is 33.2 Å². The zero-order chi connectivity index (χ0) is 18.2. The highest BCUT2D eigenvalue weighted by Gasteiger charge is 2.42. The minimum atomic E-state index is -4.09. The number of hydrogen-bond acceptors (Lipinski definition) is 3. The Labute approximate surface area is 144 Å². The summed E-state index contributed by atoms with van der Waals surface area (Å²) in [7, 11) is -4.09.